The number of hydrogen-bond acceptors (Lipinski definition) is 4. The predicted molar refractivity (Wildman–Crippen MR) is 28.4 cm³/mol. The summed E-state index contributed by atoms with van der Waals surface area (Å²) in [4.78, 5) is 19.6. The molecule has 0 unspecified atom stereocenters. The van der Waals surface area contributed by atoms with Gasteiger partial charge < -0.3 is 19.8 Å². The van der Waals surface area contributed by atoms with E-state index in [0.717, 1.165) is 6.08 Å². The lowest BCUT2D eigenvalue weighted by atomic mass is 10.2. The first kappa shape index (κ1) is 8.68. The molecule has 0 N–H and O–H groups in total. The van der Waals surface area contributed by atoms with E-state index in [1.165, 1.54) is 6.92 Å². The maximum Gasteiger partial charge on any atom is 0.0642 e. The highest BCUT2D eigenvalue weighted by Crippen LogP contribution is 1.95. The molecule has 0 aliphatic rings. The van der Waals surface area contributed by atoms with Gasteiger partial charge in [-0.15, -0.1) is 0 Å². The second-order valence-corrected chi connectivity index (χ2v) is 1.86. The fourth-order valence-corrected chi connectivity index (χ4v) is 0.480. The van der Waals surface area contributed by atoms with Crippen molar-refractivity contribution in [2.24, 2.45) is 0 Å². The van der Waals surface area contributed by atoms with Crippen LogP contribution in [0.4, 0.5) is 0 Å². The quantitative estimate of drug-likeness (QED) is 0.420. The Morgan fingerprint density at radius 2 is 1.90 bits per heavy atom. The topological polar surface area (TPSA) is 80.3 Å². The third-order valence-electron chi connectivity index (χ3n) is 0.787. The van der Waals surface area contributed by atoms with Crippen LogP contribution in [0.3, 0.4) is 0 Å². The van der Waals surface area contributed by atoms with Crippen molar-refractivity contribution in [1.82, 2.24) is 0 Å². The zero-order valence-corrected chi connectivity index (χ0v) is 5.42. The van der Waals surface area contributed by atoms with Gasteiger partial charge in [-0.05, 0) is 13.0 Å². The molecule has 0 aliphatic carbocycles. The Kier molecular flexibility index (Phi) is 3.17. The molecule has 0 amide bonds. The molecule has 0 rings (SSSR count). The minimum atomic E-state index is -1.39. The van der Waals surface area contributed by atoms with Gasteiger partial charge in [-0.25, -0.2) is 0 Å². The fourth-order valence-electron chi connectivity index (χ4n) is 0.480. The van der Waals surface area contributed by atoms with E-state index in [2.05, 4.69) is 0 Å². The molecular formula is C6H6O4-2. The molecule has 0 spiro atoms. The molecule has 56 valence electrons. The van der Waals surface area contributed by atoms with Crippen LogP contribution >= 0.6 is 0 Å². The molecule has 0 bridgehead atoms. The van der Waals surface area contributed by atoms with Crippen molar-refractivity contribution >= 4 is 11.9 Å². The Bertz CT molecular complexity index is 180. The maximum atomic E-state index is 9.83. The molecule has 0 saturated heterocycles. The molecule has 0 aromatic heterocycles. The number of carbonyl (C=O) groups excluding carboxylic acids is 2. The van der Waals surface area contributed by atoms with Gasteiger partial charge in [-0.2, -0.15) is 0 Å². The predicted octanol–water partition coefficient (Wildman–Crippen LogP) is -2.18. The Morgan fingerprint density at radius 1 is 1.40 bits per heavy atom. The normalized spacial score (nSPS) is 11.1. The maximum absolute atomic E-state index is 9.83. The van der Waals surface area contributed by atoms with Crippen LogP contribution in [0.1, 0.15) is 13.3 Å². The van der Waals surface area contributed by atoms with Crippen LogP contribution < -0.4 is 10.2 Å². The standard InChI is InChI=1S/C6H8O4/c1-4(2-5(7)8)3-6(9)10/h2H,3H2,1H3,(H,7,8)(H,9,10)/p-2/b4-2-. The van der Waals surface area contributed by atoms with Gasteiger partial charge in [-0.3, -0.25) is 0 Å². The van der Waals surface area contributed by atoms with Crippen molar-refractivity contribution < 1.29 is 19.8 Å². The minimum absolute atomic E-state index is 0.208. The van der Waals surface area contributed by atoms with E-state index in [9.17, 15) is 19.8 Å². The van der Waals surface area contributed by atoms with E-state index in [1.807, 2.05) is 0 Å². The SMILES string of the molecule is C/C(=C/C(=O)[O-])CC(=O)[O-]. The van der Waals surface area contributed by atoms with Gasteiger partial charge in [0.1, 0.15) is 0 Å². The van der Waals surface area contributed by atoms with Crippen LogP contribution in [0.5, 0.6) is 0 Å². The molecule has 0 fully saturated rings. The second kappa shape index (κ2) is 3.66. The summed E-state index contributed by atoms with van der Waals surface area (Å²) in [6, 6.07) is 0. The summed E-state index contributed by atoms with van der Waals surface area (Å²) >= 11 is 0. The number of hydrogen-bond donors (Lipinski definition) is 0. The first-order valence-electron chi connectivity index (χ1n) is 2.60. The first-order chi connectivity index (χ1) is 4.52. The molecule has 0 aromatic carbocycles. The van der Waals surface area contributed by atoms with Crippen LogP contribution in [0.15, 0.2) is 11.6 Å². The first-order valence-corrected chi connectivity index (χ1v) is 2.60. The van der Waals surface area contributed by atoms with E-state index in [1.54, 1.807) is 0 Å². The van der Waals surface area contributed by atoms with Crippen molar-refractivity contribution in [1.29, 1.82) is 0 Å². The monoisotopic (exact) mass is 142 g/mol. The van der Waals surface area contributed by atoms with Crippen LogP contribution in [-0.4, -0.2) is 11.9 Å². The summed E-state index contributed by atoms with van der Waals surface area (Å²) in [6.07, 6.45) is 0.365. The summed E-state index contributed by atoms with van der Waals surface area (Å²) in [5.41, 5.74) is 0.208. The fraction of sp³-hybridized carbons (Fsp3) is 0.333. The highest BCUT2D eigenvalue weighted by molar-refractivity contribution is 5.80. The highest BCUT2D eigenvalue weighted by Gasteiger charge is 1.88. The Labute approximate surface area is 57.8 Å². The zero-order chi connectivity index (χ0) is 8.15. The van der Waals surface area contributed by atoms with Gasteiger partial charge in [-0.1, -0.05) is 5.57 Å². The third kappa shape index (κ3) is 4.83. The van der Waals surface area contributed by atoms with Crippen molar-refractivity contribution in [2.45, 2.75) is 13.3 Å². The molecule has 0 aromatic rings. The van der Waals surface area contributed by atoms with Crippen LogP contribution in [-0.2, 0) is 9.59 Å². The minimum Gasteiger partial charge on any atom is -0.550 e. The van der Waals surface area contributed by atoms with E-state index < -0.39 is 11.9 Å². The molecule has 0 saturated carbocycles. The molecule has 0 heterocycles. The Hall–Kier alpha value is -1.32. The molecule has 0 aliphatic heterocycles. The van der Waals surface area contributed by atoms with Crippen molar-refractivity contribution in [3.8, 4) is 0 Å². The van der Waals surface area contributed by atoms with Crippen LogP contribution in [0.25, 0.3) is 0 Å². The number of carboxylic acid groups (broad SMARTS) is 2. The van der Waals surface area contributed by atoms with E-state index in [0.29, 0.717) is 0 Å². The van der Waals surface area contributed by atoms with Gasteiger partial charge >= 0.3 is 0 Å². The van der Waals surface area contributed by atoms with Crippen molar-refractivity contribution in [3.05, 3.63) is 11.6 Å². The van der Waals surface area contributed by atoms with Gasteiger partial charge in [0, 0.05) is 12.4 Å². The smallest absolute Gasteiger partial charge is 0.0642 e. The highest BCUT2D eigenvalue weighted by atomic mass is 16.4. The van der Waals surface area contributed by atoms with E-state index in [-0.39, 0.29) is 12.0 Å². The number of rotatable bonds is 3. The Balaban J connectivity index is 3.95. The van der Waals surface area contributed by atoms with Gasteiger partial charge in [0.15, 0.2) is 0 Å². The molecule has 4 nitrogen and oxygen atoms in total. The lowest BCUT2D eigenvalue weighted by Gasteiger charge is -2.01. The average Bonchev–Trinajstić information content (AvgIpc) is 1.58. The van der Waals surface area contributed by atoms with Gasteiger partial charge in [0.25, 0.3) is 0 Å². The number of aliphatic carboxylic acids is 2. The van der Waals surface area contributed by atoms with Crippen LogP contribution in [0.2, 0.25) is 0 Å². The molecule has 0 atom stereocenters. The average molecular weight is 142 g/mol. The lowest BCUT2D eigenvalue weighted by molar-refractivity contribution is -0.304. The molecule has 10 heavy (non-hydrogen) atoms. The summed E-state index contributed by atoms with van der Waals surface area (Å²) in [6.45, 7) is 1.38. The van der Waals surface area contributed by atoms with Crippen molar-refractivity contribution in [2.75, 3.05) is 0 Å². The van der Waals surface area contributed by atoms with E-state index >= 15 is 0 Å². The second-order valence-electron chi connectivity index (χ2n) is 1.86. The molecule has 0 radical (unpaired) electrons. The third-order valence-corrected chi connectivity index (χ3v) is 0.787. The zero-order valence-electron chi connectivity index (χ0n) is 5.42. The largest absolute Gasteiger partial charge is 0.550 e. The van der Waals surface area contributed by atoms with Gasteiger partial charge in [0.05, 0.1) is 5.97 Å². The molecular weight excluding hydrogens is 136 g/mol. The van der Waals surface area contributed by atoms with Crippen molar-refractivity contribution in [3.63, 3.8) is 0 Å². The van der Waals surface area contributed by atoms with Gasteiger partial charge in [0.2, 0.25) is 0 Å². The summed E-state index contributed by atoms with van der Waals surface area (Å²) in [5.74, 6) is -2.69. The van der Waals surface area contributed by atoms with Crippen LogP contribution in [0, 0.1) is 0 Å². The number of carbonyl (C=O) groups is 2. The lowest BCUT2D eigenvalue weighted by Crippen LogP contribution is -2.23. The molecule has 4 heteroatoms. The summed E-state index contributed by atoms with van der Waals surface area (Å²) < 4.78 is 0. The summed E-state index contributed by atoms with van der Waals surface area (Å²) in [5, 5.41) is 19.6. The summed E-state index contributed by atoms with van der Waals surface area (Å²) in [7, 11) is 0. The number of carboxylic acids is 2. The van der Waals surface area contributed by atoms with E-state index in [4.69, 9.17) is 0 Å². The Morgan fingerprint density at radius 3 is 2.20 bits per heavy atom.